The summed E-state index contributed by atoms with van der Waals surface area (Å²) in [5.74, 6) is 0.881. The normalized spacial score (nSPS) is 12.0. The smallest absolute Gasteiger partial charge is 0.118 e. The van der Waals surface area contributed by atoms with Crippen molar-refractivity contribution in [1.82, 2.24) is 5.32 Å². The van der Waals surface area contributed by atoms with Crippen molar-refractivity contribution in [2.75, 3.05) is 33.2 Å². The third-order valence-electron chi connectivity index (χ3n) is 3.48. The Kier molecular flexibility index (Phi) is 4.64. The molecule has 1 unspecified atom stereocenters. The topological polar surface area (TPSA) is 24.5 Å². The maximum Gasteiger partial charge on any atom is 0.118 e. The highest BCUT2D eigenvalue weighted by molar-refractivity contribution is 5.48. The fraction of sp³-hybridized carbons (Fsp3) is 0.294. The summed E-state index contributed by atoms with van der Waals surface area (Å²) < 4.78 is 5.20. The molecular formula is C17H22N2O. The van der Waals surface area contributed by atoms with Crippen molar-refractivity contribution in [2.24, 2.45) is 0 Å². The van der Waals surface area contributed by atoms with E-state index >= 15 is 0 Å². The van der Waals surface area contributed by atoms with Gasteiger partial charge in [0.25, 0.3) is 0 Å². The van der Waals surface area contributed by atoms with Gasteiger partial charge in [-0.25, -0.2) is 0 Å². The third-order valence-corrected chi connectivity index (χ3v) is 3.48. The van der Waals surface area contributed by atoms with Gasteiger partial charge in [-0.15, -0.1) is 0 Å². The Bertz CT molecular complexity index is 532. The summed E-state index contributed by atoms with van der Waals surface area (Å²) >= 11 is 0. The summed E-state index contributed by atoms with van der Waals surface area (Å²) in [5.41, 5.74) is 3.69. The highest BCUT2D eigenvalue weighted by Crippen LogP contribution is 2.25. The Morgan fingerprint density at radius 2 is 1.40 bits per heavy atom. The van der Waals surface area contributed by atoms with Gasteiger partial charge in [-0.1, -0.05) is 24.3 Å². The van der Waals surface area contributed by atoms with E-state index in [0.717, 1.165) is 5.75 Å². The minimum Gasteiger partial charge on any atom is -0.497 e. The standard InChI is InChI=1S/C17H22N2O/c1-18-17(14-7-11-16(20-4)12-8-14)13-5-9-15(10-6-13)19(2)3/h5-12,17-18H,1-4H3. The fourth-order valence-electron chi connectivity index (χ4n) is 2.29. The molecule has 0 aliphatic carbocycles. The summed E-state index contributed by atoms with van der Waals surface area (Å²) in [7, 11) is 7.77. The van der Waals surface area contributed by atoms with Gasteiger partial charge in [0, 0.05) is 19.8 Å². The van der Waals surface area contributed by atoms with Gasteiger partial charge < -0.3 is 15.0 Å². The molecule has 0 fully saturated rings. The largest absolute Gasteiger partial charge is 0.497 e. The minimum atomic E-state index is 0.192. The predicted molar refractivity (Wildman–Crippen MR) is 84.7 cm³/mol. The summed E-state index contributed by atoms with van der Waals surface area (Å²) in [5, 5.41) is 3.37. The molecule has 0 spiro atoms. The molecule has 1 N–H and O–H groups in total. The number of nitrogens with zero attached hydrogens (tertiary/aromatic N) is 1. The van der Waals surface area contributed by atoms with Crippen molar-refractivity contribution >= 4 is 5.69 Å². The first-order chi connectivity index (χ1) is 9.65. The highest BCUT2D eigenvalue weighted by Gasteiger charge is 2.12. The van der Waals surface area contributed by atoms with Crippen LogP contribution in [-0.4, -0.2) is 28.3 Å². The van der Waals surface area contributed by atoms with Gasteiger partial charge in [0.05, 0.1) is 13.2 Å². The van der Waals surface area contributed by atoms with Crippen LogP contribution in [0.4, 0.5) is 5.69 Å². The van der Waals surface area contributed by atoms with E-state index < -0.39 is 0 Å². The first kappa shape index (κ1) is 14.4. The second kappa shape index (κ2) is 6.44. The van der Waals surface area contributed by atoms with Crippen molar-refractivity contribution in [3.8, 4) is 5.75 Å². The lowest BCUT2D eigenvalue weighted by Crippen LogP contribution is -2.17. The summed E-state index contributed by atoms with van der Waals surface area (Å²) in [6.07, 6.45) is 0. The average molecular weight is 270 g/mol. The van der Waals surface area contributed by atoms with Gasteiger partial charge in [-0.05, 0) is 42.4 Å². The van der Waals surface area contributed by atoms with Crippen molar-refractivity contribution in [2.45, 2.75) is 6.04 Å². The second-order valence-corrected chi connectivity index (χ2v) is 4.98. The zero-order valence-electron chi connectivity index (χ0n) is 12.6. The summed E-state index contributed by atoms with van der Waals surface area (Å²) in [6.45, 7) is 0. The van der Waals surface area contributed by atoms with E-state index in [1.807, 2.05) is 33.3 Å². The van der Waals surface area contributed by atoms with E-state index in [1.54, 1.807) is 7.11 Å². The summed E-state index contributed by atoms with van der Waals surface area (Å²) in [4.78, 5) is 2.10. The van der Waals surface area contributed by atoms with Gasteiger partial charge in [0.2, 0.25) is 0 Å². The van der Waals surface area contributed by atoms with E-state index in [-0.39, 0.29) is 6.04 Å². The van der Waals surface area contributed by atoms with E-state index in [2.05, 4.69) is 46.6 Å². The Hall–Kier alpha value is -2.00. The number of methoxy groups -OCH3 is 1. The Morgan fingerprint density at radius 1 is 0.900 bits per heavy atom. The predicted octanol–water partition coefficient (Wildman–Crippen LogP) is 3.07. The van der Waals surface area contributed by atoms with Crippen LogP contribution in [0.3, 0.4) is 0 Å². The van der Waals surface area contributed by atoms with Crippen molar-refractivity contribution < 1.29 is 4.74 Å². The van der Waals surface area contributed by atoms with Crippen LogP contribution >= 0.6 is 0 Å². The van der Waals surface area contributed by atoms with Crippen LogP contribution in [-0.2, 0) is 0 Å². The van der Waals surface area contributed by atoms with Crippen molar-refractivity contribution in [1.29, 1.82) is 0 Å². The molecule has 2 rings (SSSR count). The first-order valence-electron chi connectivity index (χ1n) is 6.74. The lowest BCUT2D eigenvalue weighted by atomic mass is 9.98. The molecule has 0 saturated heterocycles. The second-order valence-electron chi connectivity index (χ2n) is 4.98. The molecule has 106 valence electrons. The Labute approximate surface area is 121 Å². The number of anilines is 1. The molecule has 3 nitrogen and oxygen atoms in total. The number of benzene rings is 2. The van der Waals surface area contributed by atoms with Crippen LogP contribution in [0.5, 0.6) is 5.75 Å². The van der Waals surface area contributed by atoms with Gasteiger partial charge in [0.15, 0.2) is 0 Å². The molecule has 1 atom stereocenters. The van der Waals surface area contributed by atoms with E-state index in [0.29, 0.717) is 0 Å². The zero-order valence-corrected chi connectivity index (χ0v) is 12.6. The molecule has 0 aromatic heterocycles. The molecule has 3 heteroatoms. The van der Waals surface area contributed by atoms with E-state index in [1.165, 1.54) is 16.8 Å². The molecular weight excluding hydrogens is 248 g/mol. The van der Waals surface area contributed by atoms with Crippen LogP contribution < -0.4 is 15.0 Å². The number of hydrogen-bond acceptors (Lipinski definition) is 3. The highest BCUT2D eigenvalue weighted by atomic mass is 16.5. The molecule has 2 aromatic carbocycles. The lowest BCUT2D eigenvalue weighted by molar-refractivity contribution is 0.414. The molecule has 0 aliphatic heterocycles. The van der Waals surface area contributed by atoms with Crippen LogP contribution in [0.15, 0.2) is 48.5 Å². The quantitative estimate of drug-likeness (QED) is 0.903. The van der Waals surface area contributed by atoms with Crippen molar-refractivity contribution in [3.05, 3.63) is 59.7 Å². The van der Waals surface area contributed by atoms with Crippen LogP contribution in [0.2, 0.25) is 0 Å². The number of hydrogen-bond donors (Lipinski definition) is 1. The number of nitrogens with one attached hydrogen (secondary N) is 1. The van der Waals surface area contributed by atoms with Gasteiger partial charge in [0.1, 0.15) is 5.75 Å². The van der Waals surface area contributed by atoms with Crippen molar-refractivity contribution in [3.63, 3.8) is 0 Å². The number of rotatable bonds is 5. The van der Waals surface area contributed by atoms with Gasteiger partial charge >= 0.3 is 0 Å². The van der Waals surface area contributed by atoms with Gasteiger partial charge in [-0.2, -0.15) is 0 Å². The maximum absolute atomic E-state index is 5.20. The lowest BCUT2D eigenvalue weighted by Gasteiger charge is -2.19. The first-order valence-corrected chi connectivity index (χ1v) is 6.74. The van der Waals surface area contributed by atoms with E-state index in [9.17, 15) is 0 Å². The molecule has 0 radical (unpaired) electrons. The fourth-order valence-corrected chi connectivity index (χ4v) is 2.29. The Morgan fingerprint density at radius 3 is 1.80 bits per heavy atom. The molecule has 0 aliphatic rings. The van der Waals surface area contributed by atoms with Gasteiger partial charge in [-0.3, -0.25) is 0 Å². The van der Waals surface area contributed by atoms with Crippen LogP contribution in [0, 0.1) is 0 Å². The summed E-state index contributed by atoms with van der Waals surface area (Å²) in [6, 6.07) is 17.0. The molecule has 2 aromatic rings. The van der Waals surface area contributed by atoms with E-state index in [4.69, 9.17) is 4.74 Å². The number of ether oxygens (including phenoxy) is 1. The molecule has 0 saturated carbocycles. The average Bonchev–Trinajstić information content (AvgIpc) is 2.49. The molecule has 20 heavy (non-hydrogen) atoms. The Balaban J connectivity index is 2.26. The molecule has 0 heterocycles. The molecule has 0 bridgehead atoms. The monoisotopic (exact) mass is 270 g/mol. The SMILES string of the molecule is CNC(c1ccc(OC)cc1)c1ccc(N(C)C)cc1. The van der Waals surface area contributed by atoms with Crippen LogP contribution in [0.1, 0.15) is 17.2 Å². The molecule has 0 amide bonds. The maximum atomic E-state index is 5.20. The zero-order chi connectivity index (χ0) is 14.5. The minimum absolute atomic E-state index is 0.192. The third kappa shape index (κ3) is 3.11. The van der Waals surface area contributed by atoms with Crippen LogP contribution in [0.25, 0.3) is 0 Å².